The summed E-state index contributed by atoms with van der Waals surface area (Å²) < 4.78 is 1.97. The van der Waals surface area contributed by atoms with E-state index in [9.17, 15) is 4.79 Å². The Morgan fingerprint density at radius 2 is 2.00 bits per heavy atom. The number of rotatable bonds is 4. The number of hydrogen-bond acceptors (Lipinski definition) is 5. The van der Waals surface area contributed by atoms with Crippen molar-refractivity contribution in [3.63, 3.8) is 0 Å². The number of nitrogens with zero attached hydrogens (tertiary/aromatic N) is 4. The van der Waals surface area contributed by atoms with E-state index >= 15 is 0 Å². The Kier molecular flexibility index (Phi) is 4.84. The fourth-order valence-corrected chi connectivity index (χ4v) is 3.41. The van der Waals surface area contributed by atoms with E-state index in [0.717, 1.165) is 36.5 Å². The number of aryl methyl sites for hydroxylation is 1. The lowest BCUT2D eigenvalue weighted by molar-refractivity contribution is 0.190. The summed E-state index contributed by atoms with van der Waals surface area (Å²) in [5.74, 6) is 1.82. The predicted molar refractivity (Wildman–Crippen MR) is 98.8 cm³/mol. The van der Waals surface area contributed by atoms with Gasteiger partial charge in [0, 0.05) is 30.4 Å². The lowest BCUT2D eigenvalue weighted by Gasteiger charge is -2.23. The molecule has 2 heterocycles. The van der Waals surface area contributed by atoms with Crippen LogP contribution >= 0.6 is 0 Å². The Bertz CT molecular complexity index is 795. The van der Waals surface area contributed by atoms with Crippen LogP contribution < -0.4 is 10.6 Å². The maximum atomic E-state index is 10.9. The molecule has 140 valence electrons. The average Bonchev–Trinajstić information content (AvgIpc) is 3.15. The predicted octanol–water partition coefficient (Wildman–Crippen LogP) is 3.38. The van der Waals surface area contributed by atoms with E-state index in [0.29, 0.717) is 5.82 Å². The molecule has 0 saturated heterocycles. The highest BCUT2D eigenvalue weighted by Gasteiger charge is 2.30. The fourth-order valence-electron chi connectivity index (χ4n) is 3.41. The zero-order valence-corrected chi connectivity index (χ0v) is 15.7. The molecule has 1 aliphatic rings. The Morgan fingerprint density at radius 1 is 1.27 bits per heavy atom. The Morgan fingerprint density at radius 3 is 2.65 bits per heavy atom. The van der Waals surface area contributed by atoms with Crippen molar-refractivity contribution in [1.29, 1.82) is 0 Å². The summed E-state index contributed by atoms with van der Waals surface area (Å²) in [5, 5.41) is 19.7. The average molecular weight is 358 g/mol. The molecule has 0 aromatic carbocycles. The standard InChI is InChI=1S/C18H26N6O2/c1-11-16(20-8-7-19-11)22-15-10-14(23-24(15)18(2,3)4)12-5-6-13(9-12)21-17(25)26/h7-8,10,12-13,21H,5-6,9H2,1-4H3,(H,20,22)(H,25,26)/t12?,13-/m0/s1. The summed E-state index contributed by atoms with van der Waals surface area (Å²) in [6.45, 7) is 8.21. The lowest BCUT2D eigenvalue weighted by atomic mass is 10.0. The molecule has 8 heteroatoms. The maximum Gasteiger partial charge on any atom is 0.404 e. The topological polar surface area (TPSA) is 105 Å². The Hall–Kier alpha value is -2.64. The normalized spacial score (nSPS) is 20.2. The molecule has 1 aliphatic carbocycles. The molecule has 2 aromatic rings. The summed E-state index contributed by atoms with van der Waals surface area (Å²) in [7, 11) is 0. The molecule has 26 heavy (non-hydrogen) atoms. The van der Waals surface area contributed by atoms with Gasteiger partial charge in [0.15, 0.2) is 5.82 Å². The molecule has 0 bridgehead atoms. The fraction of sp³-hybridized carbons (Fsp3) is 0.556. The highest BCUT2D eigenvalue weighted by Crippen LogP contribution is 2.36. The van der Waals surface area contributed by atoms with Crippen LogP contribution in [-0.2, 0) is 5.54 Å². The third-order valence-electron chi connectivity index (χ3n) is 4.67. The van der Waals surface area contributed by atoms with Crippen LogP contribution in [0.5, 0.6) is 0 Å². The van der Waals surface area contributed by atoms with Gasteiger partial charge in [0.1, 0.15) is 5.82 Å². The quantitative estimate of drug-likeness (QED) is 0.774. The third-order valence-corrected chi connectivity index (χ3v) is 4.67. The molecule has 1 fully saturated rings. The number of carboxylic acid groups (broad SMARTS) is 1. The zero-order valence-electron chi connectivity index (χ0n) is 15.7. The number of hydrogen-bond donors (Lipinski definition) is 3. The Balaban J connectivity index is 1.86. The van der Waals surface area contributed by atoms with Crippen LogP contribution in [0.1, 0.15) is 57.3 Å². The van der Waals surface area contributed by atoms with Crippen LogP contribution in [0.2, 0.25) is 0 Å². The first-order chi connectivity index (χ1) is 12.2. The lowest BCUT2D eigenvalue weighted by Crippen LogP contribution is -2.31. The first kappa shape index (κ1) is 18.2. The second-order valence-corrected chi connectivity index (χ2v) is 7.81. The van der Waals surface area contributed by atoms with Gasteiger partial charge >= 0.3 is 6.09 Å². The van der Waals surface area contributed by atoms with Crippen molar-refractivity contribution in [3.8, 4) is 0 Å². The van der Waals surface area contributed by atoms with Crippen LogP contribution in [0.15, 0.2) is 18.5 Å². The van der Waals surface area contributed by atoms with Crippen LogP contribution in [0.4, 0.5) is 16.4 Å². The molecule has 1 amide bonds. The van der Waals surface area contributed by atoms with Gasteiger partial charge in [-0.15, -0.1) is 0 Å². The minimum atomic E-state index is -0.962. The van der Waals surface area contributed by atoms with Crippen LogP contribution in [0.25, 0.3) is 0 Å². The summed E-state index contributed by atoms with van der Waals surface area (Å²) in [6.07, 6.45) is 4.91. The first-order valence-electron chi connectivity index (χ1n) is 8.88. The molecule has 0 radical (unpaired) electrons. The van der Waals surface area contributed by atoms with Crippen molar-refractivity contribution in [3.05, 3.63) is 29.8 Å². The molecule has 2 aromatic heterocycles. The number of amides is 1. The number of anilines is 2. The van der Waals surface area contributed by atoms with Gasteiger partial charge in [0.2, 0.25) is 0 Å². The molecular weight excluding hydrogens is 332 g/mol. The zero-order chi connectivity index (χ0) is 18.9. The van der Waals surface area contributed by atoms with Crippen LogP contribution in [0, 0.1) is 6.92 Å². The van der Waals surface area contributed by atoms with Crippen molar-refractivity contribution >= 4 is 17.7 Å². The van der Waals surface area contributed by atoms with Gasteiger partial charge in [-0.2, -0.15) is 5.10 Å². The SMILES string of the molecule is Cc1nccnc1Nc1cc(C2CC[C@H](NC(=O)O)C2)nn1C(C)(C)C. The maximum absolute atomic E-state index is 10.9. The highest BCUT2D eigenvalue weighted by molar-refractivity contribution is 5.65. The van der Waals surface area contributed by atoms with Crippen molar-refractivity contribution in [2.45, 2.75) is 64.5 Å². The van der Waals surface area contributed by atoms with Gasteiger partial charge in [-0.1, -0.05) is 0 Å². The van der Waals surface area contributed by atoms with E-state index in [1.165, 1.54) is 0 Å². The summed E-state index contributed by atoms with van der Waals surface area (Å²) in [6, 6.07) is 2.05. The molecule has 1 unspecified atom stereocenters. The molecular formula is C18H26N6O2. The van der Waals surface area contributed by atoms with Gasteiger partial charge in [0.05, 0.1) is 16.9 Å². The largest absolute Gasteiger partial charge is 0.465 e. The van der Waals surface area contributed by atoms with E-state index in [2.05, 4.69) is 41.4 Å². The van der Waals surface area contributed by atoms with Crippen molar-refractivity contribution in [2.24, 2.45) is 0 Å². The number of carbonyl (C=O) groups is 1. The molecule has 3 rings (SSSR count). The molecule has 0 spiro atoms. The molecule has 0 aliphatic heterocycles. The van der Waals surface area contributed by atoms with Gasteiger partial charge in [-0.25, -0.2) is 14.5 Å². The van der Waals surface area contributed by atoms with E-state index in [1.807, 2.05) is 17.7 Å². The van der Waals surface area contributed by atoms with E-state index in [-0.39, 0.29) is 17.5 Å². The number of nitrogens with one attached hydrogen (secondary N) is 2. The second-order valence-electron chi connectivity index (χ2n) is 7.81. The van der Waals surface area contributed by atoms with Crippen molar-refractivity contribution in [2.75, 3.05) is 5.32 Å². The summed E-state index contributed by atoms with van der Waals surface area (Å²) in [5.41, 5.74) is 1.61. The second kappa shape index (κ2) is 6.93. The van der Waals surface area contributed by atoms with E-state index in [4.69, 9.17) is 10.2 Å². The molecule has 1 saturated carbocycles. The van der Waals surface area contributed by atoms with Crippen molar-refractivity contribution < 1.29 is 9.90 Å². The monoisotopic (exact) mass is 358 g/mol. The van der Waals surface area contributed by atoms with Gasteiger partial charge < -0.3 is 15.7 Å². The molecule has 3 N–H and O–H groups in total. The summed E-state index contributed by atoms with van der Waals surface area (Å²) >= 11 is 0. The minimum Gasteiger partial charge on any atom is -0.465 e. The minimum absolute atomic E-state index is 0.00377. The Labute approximate surface area is 153 Å². The molecule has 8 nitrogen and oxygen atoms in total. The van der Waals surface area contributed by atoms with Gasteiger partial charge in [0.25, 0.3) is 0 Å². The van der Waals surface area contributed by atoms with Crippen molar-refractivity contribution in [1.82, 2.24) is 25.1 Å². The van der Waals surface area contributed by atoms with Gasteiger partial charge in [-0.05, 0) is 47.0 Å². The third kappa shape index (κ3) is 3.95. The summed E-state index contributed by atoms with van der Waals surface area (Å²) in [4.78, 5) is 19.5. The molecule has 2 atom stereocenters. The van der Waals surface area contributed by atoms with Crippen LogP contribution in [0.3, 0.4) is 0 Å². The number of aromatic nitrogens is 4. The van der Waals surface area contributed by atoms with E-state index in [1.54, 1.807) is 12.4 Å². The van der Waals surface area contributed by atoms with Gasteiger partial charge in [-0.3, -0.25) is 4.98 Å². The van der Waals surface area contributed by atoms with E-state index < -0.39 is 6.09 Å². The first-order valence-corrected chi connectivity index (χ1v) is 8.88. The highest BCUT2D eigenvalue weighted by atomic mass is 16.4. The van der Waals surface area contributed by atoms with Crippen LogP contribution in [-0.4, -0.2) is 37.0 Å². The smallest absolute Gasteiger partial charge is 0.404 e.